The van der Waals surface area contributed by atoms with Gasteiger partial charge in [-0.05, 0) is 31.2 Å². The van der Waals surface area contributed by atoms with E-state index in [9.17, 15) is 5.11 Å². The minimum absolute atomic E-state index is 0.362. The average Bonchev–Trinajstić information content (AvgIpc) is 2.27. The fourth-order valence-electron chi connectivity index (χ4n) is 1.73. The third-order valence-corrected chi connectivity index (χ3v) is 3.44. The molecule has 0 radical (unpaired) electrons. The molecule has 0 aromatic heterocycles. The van der Waals surface area contributed by atoms with Gasteiger partial charge in [-0.2, -0.15) is 0 Å². The van der Waals surface area contributed by atoms with Gasteiger partial charge in [-0.3, -0.25) is 0 Å². The van der Waals surface area contributed by atoms with Crippen molar-refractivity contribution < 1.29 is 5.11 Å². The molecule has 1 aromatic carbocycles. The Hall–Kier alpha value is -0.820. The van der Waals surface area contributed by atoms with Crippen molar-refractivity contribution in [1.29, 1.82) is 0 Å². The van der Waals surface area contributed by atoms with Gasteiger partial charge < -0.3 is 5.11 Å². The van der Waals surface area contributed by atoms with Crippen molar-refractivity contribution in [2.24, 2.45) is 5.92 Å². The molecule has 0 aliphatic rings. The average molecular weight is 206 g/mol. The van der Waals surface area contributed by atoms with Crippen LogP contribution in [0.1, 0.15) is 39.2 Å². The zero-order valence-corrected chi connectivity index (χ0v) is 10.0. The van der Waals surface area contributed by atoms with Gasteiger partial charge in [-0.25, -0.2) is 0 Å². The van der Waals surface area contributed by atoms with Crippen LogP contribution < -0.4 is 0 Å². The number of hydrogen-bond acceptors (Lipinski definition) is 1. The SMILES string of the molecule is CCC(C)C(C)(O)CCc1ccccc1. The van der Waals surface area contributed by atoms with Crippen LogP contribution in [-0.2, 0) is 6.42 Å². The van der Waals surface area contributed by atoms with Gasteiger partial charge >= 0.3 is 0 Å². The van der Waals surface area contributed by atoms with Crippen LogP contribution in [0.3, 0.4) is 0 Å². The molecular weight excluding hydrogens is 184 g/mol. The molecule has 1 rings (SSSR count). The fraction of sp³-hybridized carbons (Fsp3) is 0.571. The predicted octanol–water partition coefficient (Wildman–Crippen LogP) is 3.42. The Balaban J connectivity index is 2.49. The van der Waals surface area contributed by atoms with Gasteiger partial charge in [0.2, 0.25) is 0 Å². The van der Waals surface area contributed by atoms with E-state index in [1.54, 1.807) is 0 Å². The molecule has 1 aromatic rings. The molecule has 2 unspecified atom stereocenters. The Morgan fingerprint density at radius 1 is 1.27 bits per heavy atom. The molecule has 0 saturated carbocycles. The zero-order chi connectivity index (χ0) is 11.3. The van der Waals surface area contributed by atoms with Crippen molar-refractivity contribution in [3.8, 4) is 0 Å². The summed E-state index contributed by atoms with van der Waals surface area (Å²) in [6.07, 6.45) is 2.83. The van der Waals surface area contributed by atoms with E-state index in [0.29, 0.717) is 5.92 Å². The van der Waals surface area contributed by atoms with E-state index in [4.69, 9.17) is 0 Å². The predicted molar refractivity (Wildman–Crippen MR) is 64.8 cm³/mol. The number of rotatable bonds is 5. The van der Waals surface area contributed by atoms with Crippen molar-refractivity contribution >= 4 is 0 Å². The molecule has 0 amide bonds. The van der Waals surface area contributed by atoms with Crippen LogP contribution in [0.4, 0.5) is 0 Å². The van der Waals surface area contributed by atoms with E-state index in [0.717, 1.165) is 19.3 Å². The van der Waals surface area contributed by atoms with Gasteiger partial charge in [0.15, 0.2) is 0 Å². The second-order valence-electron chi connectivity index (χ2n) is 4.65. The van der Waals surface area contributed by atoms with Crippen LogP contribution in [0.5, 0.6) is 0 Å². The summed E-state index contributed by atoms with van der Waals surface area (Å²) in [5.74, 6) is 0.362. The van der Waals surface area contributed by atoms with Gasteiger partial charge in [-0.15, -0.1) is 0 Å². The molecule has 15 heavy (non-hydrogen) atoms. The third kappa shape index (κ3) is 3.67. The number of aryl methyl sites for hydroxylation is 1. The van der Waals surface area contributed by atoms with Crippen molar-refractivity contribution in [3.63, 3.8) is 0 Å². The quantitative estimate of drug-likeness (QED) is 0.782. The lowest BCUT2D eigenvalue weighted by atomic mass is 9.84. The lowest BCUT2D eigenvalue weighted by Gasteiger charge is -2.29. The highest BCUT2D eigenvalue weighted by atomic mass is 16.3. The Bertz CT molecular complexity index is 277. The largest absolute Gasteiger partial charge is 0.390 e. The van der Waals surface area contributed by atoms with Gasteiger partial charge in [-0.1, -0.05) is 50.6 Å². The first-order valence-electron chi connectivity index (χ1n) is 5.82. The molecule has 0 aliphatic carbocycles. The first-order chi connectivity index (χ1) is 7.06. The second-order valence-corrected chi connectivity index (χ2v) is 4.65. The first kappa shape index (κ1) is 12.3. The van der Waals surface area contributed by atoms with Crippen molar-refractivity contribution in [2.75, 3.05) is 0 Å². The lowest BCUT2D eigenvalue weighted by Crippen LogP contribution is -2.32. The molecule has 1 nitrogen and oxygen atoms in total. The molecule has 2 atom stereocenters. The minimum Gasteiger partial charge on any atom is -0.390 e. The van der Waals surface area contributed by atoms with E-state index >= 15 is 0 Å². The summed E-state index contributed by atoms with van der Waals surface area (Å²) in [7, 11) is 0. The highest BCUT2D eigenvalue weighted by Crippen LogP contribution is 2.25. The molecular formula is C14H22O. The molecule has 0 bridgehead atoms. The van der Waals surface area contributed by atoms with Crippen molar-refractivity contribution in [1.82, 2.24) is 0 Å². The summed E-state index contributed by atoms with van der Waals surface area (Å²) in [5, 5.41) is 10.2. The smallest absolute Gasteiger partial charge is 0.0648 e. The maximum atomic E-state index is 10.2. The molecule has 0 fully saturated rings. The number of benzene rings is 1. The van der Waals surface area contributed by atoms with E-state index in [-0.39, 0.29) is 0 Å². The van der Waals surface area contributed by atoms with Crippen molar-refractivity contribution in [2.45, 2.75) is 45.6 Å². The highest BCUT2D eigenvalue weighted by molar-refractivity contribution is 5.15. The zero-order valence-electron chi connectivity index (χ0n) is 10.0. The maximum Gasteiger partial charge on any atom is 0.0648 e. The molecule has 0 saturated heterocycles. The summed E-state index contributed by atoms with van der Waals surface area (Å²) in [4.78, 5) is 0. The van der Waals surface area contributed by atoms with Gasteiger partial charge in [0.05, 0.1) is 5.60 Å². The summed E-state index contributed by atoms with van der Waals surface area (Å²) in [5.41, 5.74) is 0.769. The van der Waals surface area contributed by atoms with Crippen LogP contribution in [0.15, 0.2) is 30.3 Å². The lowest BCUT2D eigenvalue weighted by molar-refractivity contribution is -0.00284. The fourth-order valence-corrected chi connectivity index (χ4v) is 1.73. The van der Waals surface area contributed by atoms with Gasteiger partial charge in [0, 0.05) is 0 Å². The van der Waals surface area contributed by atoms with Crippen LogP contribution >= 0.6 is 0 Å². The Morgan fingerprint density at radius 3 is 2.40 bits per heavy atom. The molecule has 1 heteroatoms. The minimum atomic E-state index is -0.537. The Kier molecular flexibility index (Phi) is 4.34. The monoisotopic (exact) mass is 206 g/mol. The maximum absolute atomic E-state index is 10.2. The summed E-state index contributed by atoms with van der Waals surface area (Å²) in [6.45, 7) is 6.19. The van der Waals surface area contributed by atoms with Crippen LogP contribution in [0.2, 0.25) is 0 Å². The normalized spacial score (nSPS) is 17.1. The second kappa shape index (κ2) is 5.32. The molecule has 0 aliphatic heterocycles. The van der Waals surface area contributed by atoms with Crippen LogP contribution in [-0.4, -0.2) is 10.7 Å². The number of hydrogen-bond donors (Lipinski definition) is 1. The van der Waals surface area contributed by atoms with Gasteiger partial charge in [0.1, 0.15) is 0 Å². The van der Waals surface area contributed by atoms with E-state index in [2.05, 4.69) is 26.0 Å². The van der Waals surface area contributed by atoms with E-state index < -0.39 is 5.60 Å². The first-order valence-corrected chi connectivity index (χ1v) is 5.82. The number of aliphatic hydroxyl groups is 1. The van der Waals surface area contributed by atoms with Crippen LogP contribution in [0, 0.1) is 5.92 Å². The molecule has 0 spiro atoms. The molecule has 0 heterocycles. The Labute approximate surface area is 93.1 Å². The third-order valence-electron chi connectivity index (χ3n) is 3.44. The topological polar surface area (TPSA) is 20.2 Å². The Morgan fingerprint density at radius 2 is 1.87 bits per heavy atom. The standard InChI is InChI=1S/C14H22O/c1-4-12(2)14(3,15)11-10-13-8-6-5-7-9-13/h5-9,12,15H,4,10-11H2,1-3H3. The summed E-state index contributed by atoms with van der Waals surface area (Å²) < 4.78 is 0. The molecule has 84 valence electrons. The van der Waals surface area contributed by atoms with Crippen molar-refractivity contribution in [3.05, 3.63) is 35.9 Å². The van der Waals surface area contributed by atoms with E-state index in [1.165, 1.54) is 5.56 Å². The highest BCUT2D eigenvalue weighted by Gasteiger charge is 2.26. The van der Waals surface area contributed by atoms with Gasteiger partial charge in [0.25, 0.3) is 0 Å². The summed E-state index contributed by atoms with van der Waals surface area (Å²) >= 11 is 0. The van der Waals surface area contributed by atoms with E-state index in [1.807, 2.05) is 25.1 Å². The van der Waals surface area contributed by atoms with Crippen LogP contribution in [0.25, 0.3) is 0 Å². The summed E-state index contributed by atoms with van der Waals surface area (Å²) in [6, 6.07) is 10.4. The molecule has 1 N–H and O–H groups in total.